The minimum absolute atomic E-state index is 0.223. The number of hydrogen-bond acceptors (Lipinski definition) is 4. The summed E-state index contributed by atoms with van der Waals surface area (Å²) in [5.74, 6) is 0.906. The molecule has 0 saturated carbocycles. The van der Waals surface area contributed by atoms with Gasteiger partial charge in [0.2, 0.25) is 0 Å². The van der Waals surface area contributed by atoms with E-state index in [-0.39, 0.29) is 5.92 Å². The predicted octanol–water partition coefficient (Wildman–Crippen LogP) is 2.39. The molecule has 1 aliphatic heterocycles. The number of aromatic nitrogens is 2. The van der Waals surface area contributed by atoms with Gasteiger partial charge >= 0.3 is 6.18 Å². The van der Waals surface area contributed by atoms with Crippen LogP contribution in [0, 0.1) is 19.8 Å². The Kier molecular flexibility index (Phi) is 4.47. The van der Waals surface area contributed by atoms with E-state index in [1.54, 1.807) is 6.20 Å². The Morgan fingerprint density at radius 1 is 1.35 bits per heavy atom. The first-order chi connectivity index (χ1) is 9.33. The largest absolute Gasteiger partial charge is 0.401 e. The van der Waals surface area contributed by atoms with E-state index >= 15 is 0 Å². The molecule has 1 saturated heterocycles. The summed E-state index contributed by atoms with van der Waals surface area (Å²) in [6, 6.07) is 0. The third-order valence-electron chi connectivity index (χ3n) is 3.54. The van der Waals surface area contributed by atoms with Crippen molar-refractivity contribution in [3.63, 3.8) is 0 Å². The van der Waals surface area contributed by atoms with E-state index in [1.165, 1.54) is 4.90 Å². The molecule has 1 aromatic heterocycles. The minimum atomic E-state index is -4.11. The molecule has 1 fully saturated rings. The fourth-order valence-electron chi connectivity index (χ4n) is 2.35. The van der Waals surface area contributed by atoms with E-state index in [0.29, 0.717) is 25.5 Å². The highest BCUT2D eigenvalue weighted by Gasteiger charge is 2.34. The molecule has 112 valence electrons. The topological polar surface area (TPSA) is 41.1 Å². The standard InChI is InChI=1S/C13H19F3N4/c1-9-10(2)19-12(6-17-9)18-5-11-3-4-20(7-11)8-13(14,15)16/h6,11H,3-5,7-8H2,1-2H3,(H,18,19). The summed E-state index contributed by atoms with van der Waals surface area (Å²) in [6.45, 7) is 4.57. The van der Waals surface area contributed by atoms with Gasteiger partial charge in [0.25, 0.3) is 0 Å². The van der Waals surface area contributed by atoms with Crippen molar-refractivity contribution >= 4 is 5.82 Å². The quantitative estimate of drug-likeness (QED) is 0.923. The molecule has 0 aliphatic carbocycles. The predicted molar refractivity (Wildman–Crippen MR) is 70.6 cm³/mol. The average Bonchev–Trinajstić information content (AvgIpc) is 2.76. The Morgan fingerprint density at radius 2 is 2.10 bits per heavy atom. The van der Waals surface area contributed by atoms with Crippen molar-refractivity contribution in [2.45, 2.75) is 26.4 Å². The van der Waals surface area contributed by atoms with Crippen molar-refractivity contribution < 1.29 is 13.2 Å². The zero-order valence-corrected chi connectivity index (χ0v) is 11.7. The number of aryl methyl sites for hydroxylation is 2. The fraction of sp³-hybridized carbons (Fsp3) is 0.692. The Labute approximate surface area is 116 Å². The number of anilines is 1. The number of hydrogen-bond donors (Lipinski definition) is 1. The monoisotopic (exact) mass is 288 g/mol. The second-order valence-electron chi connectivity index (χ2n) is 5.31. The zero-order valence-electron chi connectivity index (χ0n) is 11.7. The van der Waals surface area contributed by atoms with E-state index in [2.05, 4.69) is 15.3 Å². The fourth-order valence-corrected chi connectivity index (χ4v) is 2.35. The van der Waals surface area contributed by atoms with Crippen LogP contribution in [0.1, 0.15) is 17.8 Å². The van der Waals surface area contributed by atoms with E-state index in [1.807, 2.05) is 13.8 Å². The van der Waals surface area contributed by atoms with Gasteiger partial charge in [0, 0.05) is 13.1 Å². The zero-order chi connectivity index (χ0) is 14.8. The first-order valence-corrected chi connectivity index (χ1v) is 6.67. The molecular formula is C13H19F3N4. The third-order valence-corrected chi connectivity index (χ3v) is 3.54. The van der Waals surface area contributed by atoms with Crippen molar-refractivity contribution in [2.75, 3.05) is 31.5 Å². The molecule has 7 heteroatoms. The lowest BCUT2D eigenvalue weighted by atomic mass is 10.1. The lowest BCUT2D eigenvalue weighted by molar-refractivity contribution is -0.143. The second-order valence-corrected chi connectivity index (χ2v) is 5.31. The summed E-state index contributed by atoms with van der Waals surface area (Å²) in [6.07, 6.45) is -1.67. The normalized spacial score (nSPS) is 20.4. The summed E-state index contributed by atoms with van der Waals surface area (Å²) in [5.41, 5.74) is 1.74. The summed E-state index contributed by atoms with van der Waals surface area (Å²) in [4.78, 5) is 10.0. The van der Waals surface area contributed by atoms with Crippen molar-refractivity contribution in [2.24, 2.45) is 5.92 Å². The van der Waals surface area contributed by atoms with Crippen LogP contribution in [0.3, 0.4) is 0 Å². The summed E-state index contributed by atoms with van der Waals surface area (Å²) in [7, 11) is 0. The smallest absolute Gasteiger partial charge is 0.368 e. The third kappa shape index (κ3) is 4.33. The maximum Gasteiger partial charge on any atom is 0.401 e. The molecule has 0 amide bonds. The maximum absolute atomic E-state index is 12.3. The van der Waals surface area contributed by atoms with E-state index < -0.39 is 12.7 Å². The second kappa shape index (κ2) is 5.95. The SMILES string of the molecule is Cc1ncc(NCC2CCN(CC(F)(F)F)C2)nc1C. The van der Waals surface area contributed by atoms with Crippen LogP contribution in [-0.2, 0) is 0 Å². The number of alkyl halides is 3. The highest BCUT2D eigenvalue weighted by molar-refractivity contribution is 5.33. The minimum Gasteiger partial charge on any atom is -0.368 e. The summed E-state index contributed by atoms with van der Waals surface area (Å²) < 4.78 is 36.9. The van der Waals surface area contributed by atoms with Gasteiger partial charge in [-0.15, -0.1) is 0 Å². The van der Waals surface area contributed by atoms with E-state index in [9.17, 15) is 13.2 Å². The van der Waals surface area contributed by atoms with Crippen molar-refractivity contribution in [1.29, 1.82) is 0 Å². The van der Waals surface area contributed by atoms with E-state index in [0.717, 1.165) is 17.8 Å². The first-order valence-electron chi connectivity index (χ1n) is 6.67. The molecule has 0 bridgehead atoms. The molecule has 1 N–H and O–H groups in total. The molecule has 0 radical (unpaired) electrons. The van der Waals surface area contributed by atoms with Gasteiger partial charge in [-0.3, -0.25) is 9.88 Å². The van der Waals surface area contributed by atoms with Crippen LogP contribution in [0.4, 0.5) is 19.0 Å². The molecule has 1 atom stereocenters. The van der Waals surface area contributed by atoms with Gasteiger partial charge in [-0.2, -0.15) is 13.2 Å². The molecule has 20 heavy (non-hydrogen) atoms. The summed E-state index contributed by atoms with van der Waals surface area (Å²) >= 11 is 0. The lowest BCUT2D eigenvalue weighted by Gasteiger charge is -2.18. The van der Waals surface area contributed by atoms with Crippen LogP contribution in [-0.4, -0.2) is 47.2 Å². The molecule has 1 unspecified atom stereocenters. The number of rotatable bonds is 4. The van der Waals surface area contributed by atoms with Crippen LogP contribution in [0.2, 0.25) is 0 Å². The van der Waals surface area contributed by atoms with Crippen LogP contribution < -0.4 is 5.32 Å². The Hall–Kier alpha value is -1.37. The number of nitrogens with one attached hydrogen (secondary N) is 1. The van der Waals surface area contributed by atoms with E-state index in [4.69, 9.17) is 0 Å². The number of nitrogens with zero attached hydrogens (tertiary/aromatic N) is 3. The Morgan fingerprint density at radius 3 is 2.75 bits per heavy atom. The van der Waals surface area contributed by atoms with Crippen molar-refractivity contribution in [3.05, 3.63) is 17.6 Å². The molecular weight excluding hydrogens is 269 g/mol. The Balaban J connectivity index is 1.79. The van der Waals surface area contributed by atoms with Crippen LogP contribution in [0.25, 0.3) is 0 Å². The molecule has 0 aromatic carbocycles. The van der Waals surface area contributed by atoms with Gasteiger partial charge in [0.15, 0.2) is 0 Å². The molecule has 1 aliphatic rings. The molecule has 2 rings (SSSR count). The van der Waals surface area contributed by atoms with Gasteiger partial charge in [0.05, 0.1) is 24.1 Å². The maximum atomic E-state index is 12.3. The van der Waals surface area contributed by atoms with Crippen molar-refractivity contribution in [3.8, 4) is 0 Å². The molecule has 4 nitrogen and oxygen atoms in total. The first kappa shape index (κ1) is 15.0. The van der Waals surface area contributed by atoms with Gasteiger partial charge in [-0.05, 0) is 32.7 Å². The number of halogens is 3. The highest BCUT2D eigenvalue weighted by Crippen LogP contribution is 2.22. The molecule has 1 aromatic rings. The lowest BCUT2D eigenvalue weighted by Crippen LogP contribution is -2.33. The van der Waals surface area contributed by atoms with Crippen LogP contribution >= 0.6 is 0 Å². The van der Waals surface area contributed by atoms with Crippen LogP contribution in [0.15, 0.2) is 6.20 Å². The van der Waals surface area contributed by atoms with Gasteiger partial charge in [-0.25, -0.2) is 4.98 Å². The average molecular weight is 288 g/mol. The van der Waals surface area contributed by atoms with Gasteiger partial charge in [0.1, 0.15) is 5.82 Å². The van der Waals surface area contributed by atoms with Crippen molar-refractivity contribution in [1.82, 2.24) is 14.9 Å². The number of likely N-dealkylation sites (tertiary alicyclic amines) is 1. The van der Waals surface area contributed by atoms with Crippen LogP contribution in [0.5, 0.6) is 0 Å². The Bertz CT molecular complexity index is 461. The highest BCUT2D eigenvalue weighted by atomic mass is 19.4. The van der Waals surface area contributed by atoms with Gasteiger partial charge < -0.3 is 5.32 Å². The molecule has 2 heterocycles. The molecule has 0 spiro atoms. The van der Waals surface area contributed by atoms with Gasteiger partial charge in [-0.1, -0.05) is 0 Å². The summed E-state index contributed by atoms with van der Waals surface area (Å²) in [5, 5.41) is 3.16.